The van der Waals surface area contributed by atoms with E-state index in [1.165, 1.54) is 38.9 Å². The largest absolute Gasteiger partial charge is 0.494 e. The van der Waals surface area contributed by atoms with Crippen LogP contribution in [0.2, 0.25) is 0 Å². The Morgan fingerprint density at radius 1 is 1.41 bits per heavy atom. The number of halogens is 1. The average Bonchev–Trinajstić information content (AvgIpc) is 2.94. The Hall–Kier alpha value is -1.78. The average molecular weight is 305 g/mol. The van der Waals surface area contributed by atoms with E-state index in [9.17, 15) is 4.39 Å². The number of nitrogens with zero attached hydrogens (tertiary/aromatic N) is 2. The van der Waals surface area contributed by atoms with E-state index < -0.39 is 0 Å². The van der Waals surface area contributed by atoms with Gasteiger partial charge in [0.15, 0.2) is 17.5 Å². The zero-order valence-electron chi connectivity index (χ0n) is 13.4. The molecule has 4 nitrogen and oxygen atoms in total. The van der Waals surface area contributed by atoms with E-state index in [1.54, 1.807) is 6.07 Å². The smallest absolute Gasteiger partial charge is 0.193 e. The highest BCUT2D eigenvalue weighted by Gasteiger charge is 2.43. The van der Waals surface area contributed by atoms with Crippen LogP contribution in [0.25, 0.3) is 0 Å². The monoisotopic (exact) mass is 305 g/mol. The molecule has 3 rings (SSSR count). The van der Waals surface area contributed by atoms with Crippen molar-refractivity contribution >= 4 is 5.96 Å². The number of aliphatic imine (C=N–C) groups is 1. The summed E-state index contributed by atoms with van der Waals surface area (Å²) in [7, 11) is 3.28. The second-order valence-corrected chi connectivity index (χ2v) is 6.39. The van der Waals surface area contributed by atoms with Crippen LogP contribution < -0.4 is 10.1 Å². The third-order valence-electron chi connectivity index (χ3n) is 5.03. The highest BCUT2D eigenvalue weighted by Crippen LogP contribution is 2.47. The summed E-state index contributed by atoms with van der Waals surface area (Å²) in [6, 6.07) is 5.05. The van der Waals surface area contributed by atoms with E-state index in [4.69, 9.17) is 4.74 Å². The standard InChI is InChI=1S/C17H24FN3O/c1-19-16(21-9-8-17(12-21)6-3-7-17)20-11-13-4-5-15(22-2)14(18)10-13/h4-5,10H,3,6-9,11-12H2,1-2H3,(H,19,20). The SMILES string of the molecule is CN=C(NCc1ccc(OC)c(F)c1)N1CCC2(CCC2)C1. The number of hydrogen-bond acceptors (Lipinski definition) is 2. The Labute approximate surface area is 131 Å². The molecule has 0 aromatic heterocycles. The number of rotatable bonds is 3. The Bertz CT molecular complexity index is 569. The fourth-order valence-corrected chi connectivity index (χ4v) is 3.53. The minimum atomic E-state index is -0.327. The molecule has 1 saturated carbocycles. The molecule has 1 heterocycles. The van der Waals surface area contributed by atoms with Crippen molar-refractivity contribution in [3.63, 3.8) is 0 Å². The van der Waals surface area contributed by atoms with Gasteiger partial charge in [-0.3, -0.25) is 4.99 Å². The molecule has 5 heteroatoms. The number of benzene rings is 1. The van der Waals surface area contributed by atoms with Crippen molar-refractivity contribution in [3.8, 4) is 5.75 Å². The second kappa shape index (κ2) is 6.15. The normalized spacial score (nSPS) is 20.1. The number of hydrogen-bond donors (Lipinski definition) is 1. The maximum absolute atomic E-state index is 13.7. The van der Waals surface area contributed by atoms with E-state index in [1.807, 2.05) is 13.1 Å². The molecular weight excluding hydrogens is 281 g/mol. The van der Waals surface area contributed by atoms with Crippen molar-refractivity contribution in [2.24, 2.45) is 10.4 Å². The maximum Gasteiger partial charge on any atom is 0.193 e. The molecule has 1 aromatic rings. The van der Waals surface area contributed by atoms with Crippen LogP contribution in [0.3, 0.4) is 0 Å². The van der Waals surface area contributed by atoms with Gasteiger partial charge in [-0.2, -0.15) is 0 Å². The van der Waals surface area contributed by atoms with E-state index in [0.717, 1.165) is 24.6 Å². The predicted octanol–water partition coefficient (Wildman–Crippen LogP) is 2.79. The lowest BCUT2D eigenvalue weighted by Crippen LogP contribution is -2.42. The van der Waals surface area contributed by atoms with Gasteiger partial charge in [-0.1, -0.05) is 12.5 Å². The van der Waals surface area contributed by atoms with Crippen LogP contribution in [-0.2, 0) is 6.54 Å². The predicted molar refractivity (Wildman–Crippen MR) is 85.6 cm³/mol. The highest BCUT2D eigenvalue weighted by atomic mass is 19.1. The minimum absolute atomic E-state index is 0.277. The Morgan fingerprint density at radius 2 is 2.23 bits per heavy atom. The minimum Gasteiger partial charge on any atom is -0.494 e. The summed E-state index contributed by atoms with van der Waals surface area (Å²) in [6.07, 6.45) is 5.34. The molecule has 1 aromatic carbocycles. The number of ether oxygens (including phenoxy) is 1. The van der Waals surface area contributed by atoms with Gasteiger partial charge in [-0.25, -0.2) is 4.39 Å². The van der Waals surface area contributed by atoms with Gasteiger partial charge < -0.3 is 15.0 Å². The first-order valence-electron chi connectivity index (χ1n) is 7.94. The lowest BCUT2D eigenvalue weighted by atomic mass is 9.68. The van der Waals surface area contributed by atoms with E-state index in [2.05, 4.69) is 15.2 Å². The fourth-order valence-electron chi connectivity index (χ4n) is 3.53. The van der Waals surface area contributed by atoms with Gasteiger partial charge >= 0.3 is 0 Å². The van der Waals surface area contributed by atoms with Crippen molar-refractivity contribution in [3.05, 3.63) is 29.6 Å². The van der Waals surface area contributed by atoms with Crippen LogP contribution in [0.15, 0.2) is 23.2 Å². The van der Waals surface area contributed by atoms with Crippen LogP contribution in [0.1, 0.15) is 31.2 Å². The molecule has 0 bridgehead atoms. The molecule has 22 heavy (non-hydrogen) atoms. The fraction of sp³-hybridized carbons (Fsp3) is 0.588. The first kappa shape index (κ1) is 15.1. The van der Waals surface area contributed by atoms with Crippen molar-refractivity contribution in [1.82, 2.24) is 10.2 Å². The van der Waals surface area contributed by atoms with E-state index in [-0.39, 0.29) is 11.6 Å². The number of guanidine groups is 1. The second-order valence-electron chi connectivity index (χ2n) is 6.39. The summed E-state index contributed by atoms with van der Waals surface area (Å²) in [5, 5.41) is 3.35. The van der Waals surface area contributed by atoms with E-state index in [0.29, 0.717) is 12.0 Å². The zero-order chi connectivity index (χ0) is 15.6. The topological polar surface area (TPSA) is 36.9 Å². The summed E-state index contributed by atoms with van der Waals surface area (Å²) in [5.74, 6) is 0.867. The molecule has 1 saturated heterocycles. The maximum atomic E-state index is 13.7. The summed E-state index contributed by atoms with van der Waals surface area (Å²) < 4.78 is 18.7. The number of likely N-dealkylation sites (tertiary alicyclic amines) is 1. The zero-order valence-corrected chi connectivity index (χ0v) is 13.4. The van der Waals surface area contributed by atoms with E-state index >= 15 is 0 Å². The molecule has 2 fully saturated rings. The lowest BCUT2D eigenvalue weighted by molar-refractivity contribution is 0.151. The summed E-state index contributed by atoms with van der Waals surface area (Å²) in [6.45, 7) is 2.73. The molecular formula is C17H24FN3O. The van der Waals surface area contributed by atoms with Gasteiger partial charge in [0, 0.05) is 26.7 Å². The van der Waals surface area contributed by atoms with Crippen molar-refractivity contribution in [2.75, 3.05) is 27.2 Å². The molecule has 1 aliphatic carbocycles. The summed E-state index contributed by atoms with van der Waals surface area (Å²) in [4.78, 5) is 6.71. The molecule has 1 aliphatic heterocycles. The quantitative estimate of drug-likeness (QED) is 0.689. The van der Waals surface area contributed by atoms with Crippen LogP contribution in [-0.4, -0.2) is 38.1 Å². The van der Waals surface area contributed by atoms with Gasteiger partial charge in [-0.05, 0) is 42.4 Å². The molecule has 1 spiro atoms. The van der Waals surface area contributed by atoms with Gasteiger partial charge in [0.1, 0.15) is 0 Å². The first-order valence-corrected chi connectivity index (χ1v) is 7.94. The molecule has 0 radical (unpaired) electrons. The van der Waals surface area contributed by atoms with Crippen molar-refractivity contribution < 1.29 is 9.13 Å². The van der Waals surface area contributed by atoms with Gasteiger partial charge in [0.25, 0.3) is 0 Å². The van der Waals surface area contributed by atoms with Gasteiger partial charge in [0.05, 0.1) is 7.11 Å². The summed E-state index contributed by atoms with van der Waals surface area (Å²) in [5.41, 5.74) is 1.43. The molecule has 0 unspecified atom stereocenters. The van der Waals surface area contributed by atoms with Crippen LogP contribution in [0.4, 0.5) is 4.39 Å². The Balaban J connectivity index is 1.58. The number of methoxy groups -OCH3 is 1. The molecule has 1 N–H and O–H groups in total. The van der Waals surface area contributed by atoms with Crippen LogP contribution in [0, 0.1) is 11.2 Å². The van der Waals surface area contributed by atoms with Gasteiger partial charge in [0.2, 0.25) is 0 Å². The molecule has 0 atom stereocenters. The van der Waals surface area contributed by atoms with Gasteiger partial charge in [-0.15, -0.1) is 0 Å². The number of nitrogens with one attached hydrogen (secondary N) is 1. The van der Waals surface area contributed by atoms with Crippen molar-refractivity contribution in [1.29, 1.82) is 0 Å². The molecule has 2 aliphatic rings. The first-order chi connectivity index (χ1) is 10.7. The Kier molecular flexibility index (Phi) is 4.23. The molecule has 120 valence electrons. The van der Waals surface area contributed by atoms with Crippen LogP contribution >= 0.6 is 0 Å². The third kappa shape index (κ3) is 2.89. The highest BCUT2D eigenvalue weighted by molar-refractivity contribution is 5.80. The molecule has 0 amide bonds. The van der Waals surface area contributed by atoms with Crippen LogP contribution in [0.5, 0.6) is 5.75 Å². The van der Waals surface area contributed by atoms with Crippen molar-refractivity contribution in [2.45, 2.75) is 32.2 Å². The third-order valence-corrected chi connectivity index (χ3v) is 5.03. The lowest BCUT2D eigenvalue weighted by Gasteiger charge is -2.38. The Morgan fingerprint density at radius 3 is 2.77 bits per heavy atom. The summed E-state index contributed by atoms with van der Waals surface area (Å²) >= 11 is 0.